The smallest absolute Gasteiger partial charge is 0.107 e. The topological polar surface area (TPSA) is 54.7 Å². The molecule has 2 aromatic rings. The Kier molecular flexibility index (Phi) is 4.81. The van der Waals surface area contributed by atoms with Crippen LogP contribution in [-0.2, 0) is 6.42 Å². The molecule has 0 bridgehead atoms. The molecular weight excluding hydrogens is 246 g/mol. The zero-order valence-corrected chi connectivity index (χ0v) is 13.2. The van der Waals surface area contributed by atoms with Gasteiger partial charge in [0.05, 0.1) is 11.0 Å². The van der Waals surface area contributed by atoms with Crippen LogP contribution in [-0.4, -0.2) is 16.5 Å². The minimum absolute atomic E-state index is 0.687. The van der Waals surface area contributed by atoms with Gasteiger partial charge in [-0.25, -0.2) is 4.98 Å². The van der Waals surface area contributed by atoms with Crippen LogP contribution in [0.5, 0.6) is 0 Å². The van der Waals surface area contributed by atoms with E-state index >= 15 is 0 Å². The maximum absolute atomic E-state index is 5.71. The van der Waals surface area contributed by atoms with Crippen LogP contribution in [0.2, 0.25) is 0 Å². The monoisotopic (exact) mass is 273 g/mol. The Bertz CT molecular complexity index is 569. The molecule has 3 nitrogen and oxygen atoms in total. The van der Waals surface area contributed by atoms with Gasteiger partial charge < -0.3 is 10.7 Å². The van der Waals surface area contributed by atoms with E-state index in [4.69, 9.17) is 10.7 Å². The van der Waals surface area contributed by atoms with Crippen LogP contribution in [0.3, 0.4) is 0 Å². The van der Waals surface area contributed by atoms with Crippen LogP contribution in [0.1, 0.15) is 43.6 Å². The van der Waals surface area contributed by atoms with E-state index in [1.807, 2.05) is 0 Å². The Morgan fingerprint density at radius 3 is 2.60 bits per heavy atom. The molecule has 0 aliphatic rings. The zero-order chi connectivity index (χ0) is 14.7. The normalized spacial score (nSPS) is 13.3. The Balaban J connectivity index is 2.12. The number of H-pyrrole nitrogens is 1. The van der Waals surface area contributed by atoms with Gasteiger partial charge in [-0.05, 0) is 62.3 Å². The maximum Gasteiger partial charge on any atom is 0.107 e. The summed E-state index contributed by atoms with van der Waals surface area (Å²) < 4.78 is 0. The van der Waals surface area contributed by atoms with E-state index in [-0.39, 0.29) is 0 Å². The number of imidazole rings is 1. The first-order chi connectivity index (χ1) is 9.51. The minimum Gasteiger partial charge on any atom is -0.342 e. The second-order valence-corrected chi connectivity index (χ2v) is 6.28. The van der Waals surface area contributed by atoms with E-state index in [1.165, 1.54) is 11.1 Å². The highest BCUT2D eigenvalue weighted by Gasteiger charge is 2.14. The first-order valence-corrected chi connectivity index (χ1v) is 7.67. The number of nitrogens with zero attached hydrogens (tertiary/aromatic N) is 1. The van der Waals surface area contributed by atoms with Crippen LogP contribution >= 0.6 is 0 Å². The van der Waals surface area contributed by atoms with Gasteiger partial charge in [0.25, 0.3) is 0 Å². The summed E-state index contributed by atoms with van der Waals surface area (Å²) in [4.78, 5) is 8.23. The molecule has 1 aromatic heterocycles. The molecule has 1 atom stereocenters. The molecule has 0 fully saturated rings. The highest BCUT2D eigenvalue weighted by atomic mass is 14.9. The van der Waals surface area contributed by atoms with Gasteiger partial charge in [0.1, 0.15) is 5.82 Å². The van der Waals surface area contributed by atoms with Gasteiger partial charge in [-0.15, -0.1) is 0 Å². The van der Waals surface area contributed by atoms with E-state index in [9.17, 15) is 0 Å². The standard InChI is InChI=1S/C17H27N3/c1-11(2)14(7-8-18)5-6-16-19-15-10-12(3)9-13(4)17(15)20-16/h9-11,14H,5-8,18H2,1-4H3,(H,19,20). The van der Waals surface area contributed by atoms with E-state index in [0.717, 1.165) is 42.7 Å². The van der Waals surface area contributed by atoms with Crippen molar-refractivity contribution in [3.05, 3.63) is 29.1 Å². The molecular formula is C17H27N3. The number of aromatic nitrogens is 2. The van der Waals surface area contributed by atoms with Crippen molar-refractivity contribution in [1.82, 2.24) is 9.97 Å². The summed E-state index contributed by atoms with van der Waals surface area (Å²) in [5.41, 5.74) is 10.5. The van der Waals surface area contributed by atoms with E-state index in [1.54, 1.807) is 0 Å². The highest BCUT2D eigenvalue weighted by molar-refractivity contribution is 5.79. The lowest BCUT2D eigenvalue weighted by molar-refractivity contribution is 0.339. The molecule has 2 rings (SSSR count). The third-order valence-electron chi connectivity index (χ3n) is 4.20. The third kappa shape index (κ3) is 3.40. The van der Waals surface area contributed by atoms with Gasteiger partial charge in [0, 0.05) is 6.42 Å². The minimum atomic E-state index is 0.687. The van der Waals surface area contributed by atoms with Crippen molar-refractivity contribution in [1.29, 1.82) is 0 Å². The van der Waals surface area contributed by atoms with Gasteiger partial charge in [0.15, 0.2) is 0 Å². The number of aromatic amines is 1. The largest absolute Gasteiger partial charge is 0.342 e. The molecule has 0 saturated heterocycles. The summed E-state index contributed by atoms with van der Waals surface area (Å²) in [5.74, 6) is 2.49. The van der Waals surface area contributed by atoms with Crippen LogP contribution in [0.4, 0.5) is 0 Å². The van der Waals surface area contributed by atoms with Crippen molar-refractivity contribution in [2.75, 3.05) is 6.54 Å². The molecule has 1 unspecified atom stereocenters. The Morgan fingerprint density at radius 1 is 1.20 bits per heavy atom. The SMILES string of the molecule is Cc1cc(C)c2nc(CCC(CCN)C(C)C)[nH]c2c1. The molecule has 3 N–H and O–H groups in total. The van der Waals surface area contributed by atoms with Gasteiger partial charge in [-0.2, -0.15) is 0 Å². The summed E-state index contributed by atoms with van der Waals surface area (Å²) >= 11 is 0. The fourth-order valence-corrected chi connectivity index (χ4v) is 2.99. The van der Waals surface area contributed by atoms with Gasteiger partial charge in [-0.3, -0.25) is 0 Å². The second kappa shape index (κ2) is 6.40. The molecule has 20 heavy (non-hydrogen) atoms. The molecule has 110 valence electrons. The van der Waals surface area contributed by atoms with Gasteiger partial charge >= 0.3 is 0 Å². The molecule has 0 amide bonds. The molecule has 0 saturated carbocycles. The molecule has 0 spiro atoms. The number of hydrogen-bond donors (Lipinski definition) is 2. The summed E-state index contributed by atoms with van der Waals surface area (Å²) in [6, 6.07) is 4.37. The van der Waals surface area contributed by atoms with Crippen LogP contribution in [0, 0.1) is 25.7 Å². The average Bonchev–Trinajstić information content (AvgIpc) is 2.77. The highest BCUT2D eigenvalue weighted by Crippen LogP contribution is 2.23. The van der Waals surface area contributed by atoms with E-state index in [2.05, 4.69) is 44.8 Å². The number of nitrogens with two attached hydrogens (primary N) is 1. The second-order valence-electron chi connectivity index (χ2n) is 6.28. The first-order valence-electron chi connectivity index (χ1n) is 7.67. The maximum atomic E-state index is 5.71. The molecule has 0 radical (unpaired) electrons. The van der Waals surface area contributed by atoms with Crippen LogP contribution < -0.4 is 5.73 Å². The zero-order valence-electron chi connectivity index (χ0n) is 13.2. The van der Waals surface area contributed by atoms with Gasteiger partial charge in [0.2, 0.25) is 0 Å². The number of nitrogens with one attached hydrogen (secondary N) is 1. The van der Waals surface area contributed by atoms with Crippen LogP contribution in [0.25, 0.3) is 11.0 Å². The van der Waals surface area contributed by atoms with Crippen molar-refractivity contribution < 1.29 is 0 Å². The lowest BCUT2D eigenvalue weighted by Gasteiger charge is -2.19. The van der Waals surface area contributed by atoms with Crippen molar-refractivity contribution in [3.63, 3.8) is 0 Å². The summed E-state index contributed by atoms with van der Waals surface area (Å²) in [6.07, 6.45) is 3.28. The third-order valence-corrected chi connectivity index (χ3v) is 4.20. The fraction of sp³-hybridized carbons (Fsp3) is 0.588. The van der Waals surface area contributed by atoms with Crippen molar-refractivity contribution >= 4 is 11.0 Å². The molecule has 1 aromatic carbocycles. The van der Waals surface area contributed by atoms with Crippen molar-refractivity contribution in [3.8, 4) is 0 Å². The lowest BCUT2D eigenvalue weighted by Crippen LogP contribution is -2.15. The molecule has 0 aliphatic heterocycles. The molecule has 0 aliphatic carbocycles. The summed E-state index contributed by atoms with van der Waals surface area (Å²) in [5, 5.41) is 0. The van der Waals surface area contributed by atoms with E-state index < -0.39 is 0 Å². The number of fused-ring (bicyclic) bond motifs is 1. The predicted octanol–water partition coefficient (Wildman–Crippen LogP) is 3.73. The molecule has 1 heterocycles. The van der Waals surface area contributed by atoms with E-state index in [0.29, 0.717) is 11.8 Å². The Labute approximate surface area is 122 Å². The van der Waals surface area contributed by atoms with Crippen molar-refractivity contribution in [2.45, 2.75) is 47.0 Å². The van der Waals surface area contributed by atoms with Crippen molar-refractivity contribution in [2.24, 2.45) is 17.6 Å². The summed E-state index contributed by atoms with van der Waals surface area (Å²) in [6.45, 7) is 9.61. The fourth-order valence-electron chi connectivity index (χ4n) is 2.99. The average molecular weight is 273 g/mol. The van der Waals surface area contributed by atoms with Gasteiger partial charge in [-0.1, -0.05) is 19.9 Å². The summed E-state index contributed by atoms with van der Waals surface area (Å²) in [7, 11) is 0. The van der Waals surface area contributed by atoms with Crippen LogP contribution in [0.15, 0.2) is 12.1 Å². The Hall–Kier alpha value is -1.35. The Morgan fingerprint density at radius 2 is 1.95 bits per heavy atom. The quantitative estimate of drug-likeness (QED) is 0.842. The first kappa shape index (κ1) is 15.0. The number of rotatable bonds is 6. The lowest BCUT2D eigenvalue weighted by atomic mass is 9.88. The number of benzene rings is 1. The number of hydrogen-bond acceptors (Lipinski definition) is 2. The predicted molar refractivity (Wildman–Crippen MR) is 85.9 cm³/mol. The number of aryl methyl sites for hydroxylation is 3. The molecule has 3 heteroatoms.